The van der Waals surface area contributed by atoms with Crippen LogP contribution in [0.4, 0.5) is 0 Å². The molecular formula is C15H10O6S. The van der Waals surface area contributed by atoms with Gasteiger partial charge in [-0.05, 0) is 17.7 Å². The second-order valence-corrected chi connectivity index (χ2v) is 5.49. The van der Waals surface area contributed by atoms with Gasteiger partial charge >= 0.3 is 16.3 Å². The summed E-state index contributed by atoms with van der Waals surface area (Å²) in [6.45, 7) is 0. The first-order valence-corrected chi connectivity index (χ1v) is 7.60. The van der Waals surface area contributed by atoms with Crippen molar-refractivity contribution in [1.82, 2.24) is 0 Å². The maximum absolute atomic E-state index is 12.6. The zero-order valence-corrected chi connectivity index (χ0v) is 11.9. The molecule has 3 aromatic rings. The zero-order valence-electron chi connectivity index (χ0n) is 11.1. The van der Waals surface area contributed by atoms with Gasteiger partial charge in [-0.3, -0.25) is 9.35 Å². The number of para-hydroxylation sites is 1. The van der Waals surface area contributed by atoms with E-state index < -0.39 is 21.8 Å². The molecule has 0 saturated carbocycles. The van der Waals surface area contributed by atoms with Crippen molar-refractivity contribution >= 4 is 21.4 Å². The maximum Gasteiger partial charge on any atom is 0.449 e. The normalized spacial score (nSPS) is 11.5. The van der Waals surface area contributed by atoms with Gasteiger partial charge in [-0.25, -0.2) is 0 Å². The van der Waals surface area contributed by atoms with Gasteiger partial charge in [0.1, 0.15) is 11.1 Å². The van der Waals surface area contributed by atoms with Crippen LogP contribution in [0.1, 0.15) is 0 Å². The lowest BCUT2D eigenvalue weighted by atomic mass is 10.1. The highest BCUT2D eigenvalue weighted by Gasteiger charge is 2.21. The first-order chi connectivity index (χ1) is 10.5. The summed E-state index contributed by atoms with van der Waals surface area (Å²) in [6.07, 6.45) is 0. The summed E-state index contributed by atoms with van der Waals surface area (Å²) in [4.78, 5) is 12.6. The monoisotopic (exact) mass is 318 g/mol. The lowest BCUT2D eigenvalue weighted by molar-refractivity contribution is 0.338. The first-order valence-electron chi connectivity index (χ1n) is 6.24. The Balaban J connectivity index is 2.39. The van der Waals surface area contributed by atoms with Crippen molar-refractivity contribution in [3.8, 4) is 17.1 Å². The second-order valence-electron chi connectivity index (χ2n) is 4.47. The molecule has 0 aliphatic rings. The van der Waals surface area contributed by atoms with Gasteiger partial charge in [-0.2, -0.15) is 8.42 Å². The summed E-state index contributed by atoms with van der Waals surface area (Å²) >= 11 is 0. The molecule has 1 N–H and O–H groups in total. The summed E-state index contributed by atoms with van der Waals surface area (Å²) in [5.41, 5.74) is 0.0510. The molecule has 3 rings (SSSR count). The molecule has 0 aliphatic carbocycles. The Labute approximate surface area is 125 Å². The Morgan fingerprint density at radius 2 is 1.59 bits per heavy atom. The van der Waals surface area contributed by atoms with Gasteiger partial charge in [0.2, 0.25) is 5.43 Å². The van der Waals surface area contributed by atoms with Crippen molar-refractivity contribution in [3.63, 3.8) is 0 Å². The van der Waals surface area contributed by atoms with E-state index in [-0.39, 0.29) is 16.5 Å². The van der Waals surface area contributed by atoms with E-state index in [1.165, 1.54) is 6.07 Å². The molecule has 0 radical (unpaired) electrons. The van der Waals surface area contributed by atoms with E-state index in [9.17, 15) is 13.2 Å². The molecule has 1 heterocycles. The molecule has 0 unspecified atom stereocenters. The predicted octanol–water partition coefficient (Wildman–Crippen LogP) is 2.64. The third-order valence-corrected chi connectivity index (χ3v) is 3.37. The van der Waals surface area contributed by atoms with E-state index in [1.807, 2.05) is 0 Å². The minimum absolute atomic E-state index is 0.0723. The Hall–Kier alpha value is -2.64. The number of hydrogen-bond donors (Lipinski definition) is 1. The Morgan fingerprint density at radius 1 is 0.955 bits per heavy atom. The fourth-order valence-corrected chi connectivity index (χ4v) is 2.44. The standard InChI is InChI=1S/C15H10O6S/c16-14-11-8-4-5-9-12(11)20-15(21-22(17,18)19)13(14)10-6-2-1-3-7-10/h1-9H,(H,17,18,19). The number of hydrogen-bond acceptors (Lipinski definition) is 5. The molecule has 0 aliphatic heterocycles. The molecule has 7 heteroatoms. The second kappa shape index (κ2) is 5.28. The number of rotatable bonds is 3. The SMILES string of the molecule is O=c1c(-c2ccccc2)c(OS(=O)(=O)O)oc2ccccc12. The highest BCUT2D eigenvalue weighted by atomic mass is 32.3. The van der Waals surface area contributed by atoms with Crippen molar-refractivity contribution in [1.29, 1.82) is 0 Å². The Morgan fingerprint density at radius 3 is 2.27 bits per heavy atom. The van der Waals surface area contributed by atoms with Crippen LogP contribution >= 0.6 is 0 Å². The molecule has 0 fully saturated rings. The van der Waals surface area contributed by atoms with Gasteiger partial charge < -0.3 is 8.60 Å². The minimum atomic E-state index is -4.83. The molecule has 1 aromatic heterocycles. The average Bonchev–Trinajstić information content (AvgIpc) is 2.47. The lowest BCUT2D eigenvalue weighted by Crippen LogP contribution is -2.13. The number of fused-ring (bicyclic) bond motifs is 1. The van der Waals surface area contributed by atoms with Crippen molar-refractivity contribution in [2.75, 3.05) is 0 Å². The highest BCUT2D eigenvalue weighted by Crippen LogP contribution is 2.31. The van der Waals surface area contributed by atoms with Crippen molar-refractivity contribution in [2.24, 2.45) is 0 Å². The average molecular weight is 318 g/mol. The molecular weight excluding hydrogens is 308 g/mol. The molecule has 22 heavy (non-hydrogen) atoms. The summed E-state index contributed by atoms with van der Waals surface area (Å²) in [6, 6.07) is 14.7. The van der Waals surface area contributed by atoms with Crippen molar-refractivity contribution < 1.29 is 21.6 Å². The minimum Gasteiger partial charge on any atom is -0.424 e. The maximum atomic E-state index is 12.6. The molecule has 2 aromatic carbocycles. The molecule has 0 spiro atoms. The summed E-state index contributed by atoms with van der Waals surface area (Å²) in [7, 11) is -4.83. The van der Waals surface area contributed by atoms with Gasteiger partial charge in [0.15, 0.2) is 0 Å². The fraction of sp³-hybridized carbons (Fsp3) is 0. The third kappa shape index (κ3) is 2.72. The van der Waals surface area contributed by atoms with Crippen LogP contribution in [0.3, 0.4) is 0 Å². The van der Waals surface area contributed by atoms with Crippen molar-refractivity contribution in [3.05, 3.63) is 64.8 Å². The Bertz CT molecular complexity index is 989. The van der Waals surface area contributed by atoms with E-state index >= 15 is 0 Å². The summed E-state index contributed by atoms with van der Waals surface area (Å²) in [5, 5.41) is 0.282. The smallest absolute Gasteiger partial charge is 0.424 e. The summed E-state index contributed by atoms with van der Waals surface area (Å²) < 4.78 is 40.7. The van der Waals surface area contributed by atoms with E-state index in [0.717, 1.165) is 0 Å². The summed E-state index contributed by atoms with van der Waals surface area (Å²) in [5.74, 6) is -0.572. The van der Waals surface area contributed by atoms with Crippen LogP contribution in [-0.4, -0.2) is 13.0 Å². The van der Waals surface area contributed by atoms with E-state index in [2.05, 4.69) is 4.18 Å². The van der Waals surface area contributed by atoms with Crippen LogP contribution in [0, 0.1) is 0 Å². The van der Waals surface area contributed by atoms with Gasteiger partial charge in [0.25, 0.3) is 0 Å². The topological polar surface area (TPSA) is 93.8 Å². The van der Waals surface area contributed by atoms with Gasteiger partial charge in [-0.1, -0.05) is 42.5 Å². The van der Waals surface area contributed by atoms with E-state index in [4.69, 9.17) is 8.97 Å². The molecule has 0 amide bonds. The Kier molecular flexibility index (Phi) is 3.44. The van der Waals surface area contributed by atoms with Crippen LogP contribution in [-0.2, 0) is 10.4 Å². The fourth-order valence-electron chi connectivity index (χ4n) is 2.13. The van der Waals surface area contributed by atoms with Crippen LogP contribution in [0.5, 0.6) is 5.95 Å². The van der Waals surface area contributed by atoms with E-state index in [1.54, 1.807) is 48.5 Å². The third-order valence-electron chi connectivity index (χ3n) is 3.01. The highest BCUT2D eigenvalue weighted by molar-refractivity contribution is 7.81. The quantitative estimate of drug-likeness (QED) is 0.746. The number of benzene rings is 2. The molecule has 112 valence electrons. The molecule has 0 bridgehead atoms. The molecule has 0 atom stereocenters. The zero-order chi connectivity index (χ0) is 15.7. The van der Waals surface area contributed by atoms with Gasteiger partial charge in [0, 0.05) is 0 Å². The van der Waals surface area contributed by atoms with Gasteiger partial charge in [-0.15, -0.1) is 0 Å². The van der Waals surface area contributed by atoms with Crippen LogP contribution in [0.15, 0.2) is 63.8 Å². The largest absolute Gasteiger partial charge is 0.449 e. The lowest BCUT2D eigenvalue weighted by Gasteiger charge is -2.08. The van der Waals surface area contributed by atoms with Crippen LogP contribution < -0.4 is 9.61 Å². The first kappa shape index (κ1) is 14.3. The molecule has 6 nitrogen and oxygen atoms in total. The van der Waals surface area contributed by atoms with Crippen molar-refractivity contribution in [2.45, 2.75) is 0 Å². The molecule has 0 saturated heterocycles. The van der Waals surface area contributed by atoms with Gasteiger partial charge in [0.05, 0.1) is 5.39 Å². The predicted molar refractivity (Wildman–Crippen MR) is 80.1 cm³/mol. The van der Waals surface area contributed by atoms with E-state index in [0.29, 0.717) is 5.56 Å². The van der Waals surface area contributed by atoms with Crippen LogP contribution in [0.25, 0.3) is 22.1 Å². The van der Waals surface area contributed by atoms with Crippen LogP contribution in [0.2, 0.25) is 0 Å².